The molecule has 0 aliphatic heterocycles. The molecule has 0 aromatic heterocycles. The average Bonchev–Trinajstić information content (AvgIpc) is 2.70. The van der Waals surface area contributed by atoms with E-state index < -0.39 is 10.4 Å². The van der Waals surface area contributed by atoms with Crippen molar-refractivity contribution in [2.45, 2.75) is 13.2 Å². The average molecular weight is 378 g/mol. The second kappa shape index (κ2) is 7.48. The Labute approximate surface area is 158 Å². The summed E-state index contributed by atoms with van der Waals surface area (Å²) in [4.78, 5) is 0. The van der Waals surface area contributed by atoms with Crippen molar-refractivity contribution in [1.82, 2.24) is 0 Å². The van der Waals surface area contributed by atoms with Gasteiger partial charge in [0.05, 0.1) is 13.2 Å². The topological polar surface area (TPSA) is 52.6 Å². The highest BCUT2D eigenvalue weighted by Gasteiger charge is 2.13. The predicted molar refractivity (Wildman–Crippen MR) is 106 cm³/mol. The molecule has 0 radical (unpaired) electrons. The van der Waals surface area contributed by atoms with Gasteiger partial charge in [0, 0.05) is 0 Å². The van der Waals surface area contributed by atoms with Crippen molar-refractivity contribution in [3.05, 3.63) is 96.1 Å². The van der Waals surface area contributed by atoms with Gasteiger partial charge in [0.1, 0.15) is 0 Å². The van der Waals surface area contributed by atoms with Crippen LogP contribution in [0.2, 0.25) is 0 Å². The Bertz CT molecular complexity index is 1110. The van der Waals surface area contributed by atoms with E-state index in [0.717, 1.165) is 32.7 Å². The molecule has 0 aliphatic rings. The first-order valence-corrected chi connectivity index (χ1v) is 9.92. The molecule has 0 saturated carbocycles. The van der Waals surface area contributed by atoms with Gasteiger partial charge in [-0.1, -0.05) is 72.8 Å². The number of hydrogen-bond acceptors (Lipinski definition) is 4. The zero-order valence-electron chi connectivity index (χ0n) is 14.5. The van der Waals surface area contributed by atoms with E-state index in [4.69, 9.17) is 8.37 Å². The first-order valence-electron chi connectivity index (χ1n) is 8.58. The minimum Gasteiger partial charge on any atom is -0.243 e. The molecule has 0 bridgehead atoms. The first-order chi connectivity index (χ1) is 13.1. The lowest BCUT2D eigenvalue weighted by molar-refractivity contribution is 0.202. The Kier molecular flexibility index (Phi) is 4.90. The van der Waals surface area contributed by atoms with Crippen LogP contribution in [0.5, 0.6) is 0 Å². The lowest BCUT2D eigenvalue weighted by Crippen LogP contribution is -2.10. The summed E-state index contributed by atoms with van der Waals surface area (Å²) in [5.41, 5.74) is 1.54. The van der Waals surface area contributed by atoms with Gasteiger partial charge >= 0.3 is 10.4 Å². The van der Waals surface area contributed by atoms with E-state index >= 15 is 0 Å². The maximum Gasteiger partial charge on any atom is 0.400 e. The van der Waals surface area contributed by atoms with Crippen LogP contribution in [0.25, 0.3) is 21.5 Å². The van der Waals surface area contributed by atoms with Crippen molar-refractivity contribution in [2.24, 2.45) is 0 Å². The fraction of sp³-hybridized carbons (Fsp3) is 0.0909. The van der Waals surface area contributed by atoms with Crippen LogP contribution in [-0.4, -0.2) is 8.42 Å². The van der Waals surface area contributed by atoms with E-state index in [2.05, 4.69) is 0 Å². The summed E-state index contributed by atoms with van der Waals surface area (Å²) in [5.74, 6) is 0. The summed E-state index contributed by atoms with van der Waals surface area (Å²) < 4.78 is 34.2. The Morgan fingerprint density at radius 2 is 0.963 bits per heavy atom. The molecule has 0 heterocycles. The molecule has 0 fully saturated rings. The van der Waals surface area contributed by atoms with Gasteiger partial charge in [0.2, 0.25) is 0 Å². The standard InChI is InChI=1S/C22H18O4S/c23-27(24,25-15-17-9-11-19-5-1-3-7-21(19)13-17)26-16-18-10-12-20-6-2-4-8-22(20)14-18/h1-14H,15-16H2. The zero-order chi connectivity index (χ0) is 18.7. The fourth-order valence-corrected chi connectivity index (χ4v) is 3.60. The Hall–Kier alpha value is -2.73. The summed E-state index contributed by atoms with van der Waals surface area (Å²) in [6.07, 6.45) is 0. The molecule has 4 rings (SSSR count). The third kappa shape index (κ3) is 4.34. The Balaban J connectivity index is 1.40. The van der Waals surface area contributed by atoms with Crippen molar-refractivity contribution < 1.29 is 16.8 Å². The lowest BCUT2D eigenvalue weighted by atomic mass is 10.1. The van der Waals surface area contributed by atoms with Gasteiger partial charge < -0.3 is 0 Å². The van der Waals surface area contributed by atoms with E-state index in [0.29, 0.717) is 0 Å². The van der Waals surface area contributed by atoms with Crippen LogP contribution >= 0.6 is 0 Å². The first kappa shape index (κ1) is 17.7. The molecule has 0 spiro atoms. The molecular formula is C22H18O4S. The fourth-order valence-electron chi connectivity index (χ4n) is 2.97. The van der Waals surface area contributed by atoms with Crippen LogP contribution in [-0.2, 0) is 32.0 Å². The van der Waals surface area contributed by atoms with E-state index in [1.807, 2.05) is 84.9 Å². The van der Waals surface area contributed by atoms with E-state index in [9.17, 15) is 8.42 Å². The second-order valence-corrected chi connectivity index (χ2v) is 7.58. The smallest absolute Gasteiger partial charge is 0.243 e. The minimum atomic E-state index is -4.08. The molecule has 4 nitrogen and oxygen atoms in total. The van der Waals surface area contributed by atoms with Crippen LogP contribution in [0.3, 0.4) is 0 Å². The van der Waals surface area contributed by atoms with Crippen molar-refractivity contribution in [2.75, 3.05) is 0 Å². The minimum absolute atomic E-state index is 0.0646. The molecule has 0 atom stereocenters. The molecule has 27 heavy (non-hydrogen) atoms. The van der Waals surface area contributed by atoms with Crippen LogP contribution in [0.1, 0.15) is 11.1 Å². The van der Waals surface area contributed by atoms with Crippen LogP contribution in [0, 0.1) is 0 Å². The van der Waals surface area contributed by atoms with Gasteiger partial charge in [-0.3, -0.25) is 0 Å². The molecule has 0 aliphatic carbocycles. The van der Waals surface area contributed by atoms with Crippen molar-refractivity contribution in [3.63, 3.8) is 0 Å². The lowest BCUT2D eigenvalue weighted by Gasteiger charge is -2.08. The summed E-state index contributed by atoms with van der Waals surface area (Å²) in [6, 6.07) is 27.2. The van der Waals surface area contributed by atoms with Gasteiger partial charge in [-0.05, 0) is 44.8 Å². The third-order valence-electron chi connectivity index (χ3n) is 4.37. The second-order valence-electron chi connectivity index (χ2n) is 6.30. The monoisotopic (exact) mass is 378 g/mol. The van der Waals surface area contributed by atoms with Crippen molar-refractivity contribution >= 4 is 31.9 Å². The molecular weight excluding hydrogens is 360 g/mol. The molecule has 136 valence electrons. The largest absolute Gasteiger partial charge is 0.400 e. The maximum atomic E-state index is 12.1. The molecule has 0 N–H and O–H groups in total. The molecule has 0 saturated heterocycles. The SMILES string of the molecule is O=S(=O)(OCc1ccc2ccccc2c1)OCc1ccc2ccccc2c1. The number of benzene rings is 4. The van der Waals surface area contributed by atoms with Crippen molar-refractivity contribution in [1.29, 1.82) is 0 Å². The third-order valence-corrected chi connectivity index (χ3v) is 5.18. The number of rotatable bonds is 6. The normalized spacial score (nSPS) is 11.9. The zero-order valence-corrected chi connectivity index (χ0v) is 15.4. The van der Waals surface area contributed by atoms with Gasteiger partial charge in [-0.25, -0.2) is 8.37 Å². The van der Waals surface area contributed by atoms with E-state index in [1.165, 1.54) is 0 Å². The Morgan fingerprint density at radius 1 is 0.556 bits per heavy atom. The van der Waals surface area contributed by atoms with Gasteiger partial charge in [0.15, 0.2) is 0 Å². The van der Waals surface area contributed by atoms with Gasteiger partial charge in [-0.2, -0.15) is 8.42 Å². The highest BCUT2D eigenvalue weighted by molar-refractivity contribution is 7.81. The Morgan fingerprint density at radius 3 is 1.41 bits per heavy atom. The summed E-state index contributed by atoms with van der Waals surface area (Å²) in [5, 5.41) is 4.26. The van der Waals surface area contributed by atoms with E-state index in [1.54, 1.807) is 0 Å². The van der Waals surface area contributed by atoms with E-state index in [-0.39, 0.29) is 13.2 Å². The van der Waals surface area contributed by atoms with Gasteiger partial charge in [-0.15, -0.1) is 0 Å². The number of fused-ring (bicyclic) bond motifs is 2. The predicted octanol–water partition coefficient (Wildman–Crippen LogP) is 4.97. The molecule has 0 amide bonds. The summed E-state index contributed by atoms with van der Waals surface area (Å²) in [7, 11) is -4.08. The number of hydrogen-bond donors (Lipinski definition) is 0. The quantitative estimate of drug-likeness (QED) is 0.475. The molecule has 0 unspecified atom stereocenters. The molecule has 5 heteroatoms. The maximum absolute atomic E-state index is 12.1. The molecule has 4 aromatic rings. The van der Waals surface area contributed by atoms with Crippen molar-refractivity contribution in [3.8, 4) is 0 Å². The van der Waals surface area contributed by atoms with Crippen LogP contribution < -0.4 is 0 Å². The summed E-state index contributed by atoms with van der Waals surface area (Å²) in [6.45, 7) is -0.129. The van der Waals surface area contributed by atoms with Gasteiger partial charge in [0.25, 0.3) is 0 Å². The van der Waals surface area contributed by atoms with Crippen LogP contribution in [0.15, 0.2) is 84.9 Å². The highest BCUT2D eigenvalue weighted by atomic mass is 32.3. The van der Waals surface area contributed by atoms with Crippen LogP contribution in [0.4, 0.5) is 0 Å². The highest BCUT2D eigenvalue weighted by Crippen LogP contribution is 2.19. The molecule has 4 aromatic carbocycles. The summed E-state index contributed by atoms with van der Waals surface area (Å²) >= 11 is 0.